The molecule has 18 heavy (non-hydrogen) atoms. The second kappa shape index (κ2) is 7.48. The fourth-order valence-corrected chi connectivity index (χ4v) is 2.10. The van der Waals surface area contributed by atoms with Crippen molar-refractivity contribution in [2.24, 2.45) is 0 Å². The van der Waals surface area contributed by atoms with Gasteiger partial charge >= 0.3 is 0 Å². The quantitative estimate of drug-likeness (QED) is 0.617. The summed E-state index contributed by atoms with van der Waals surface area (Å²) in [5.41, 5.74) is 2.27. The van der Waals surface area contributed by atoms with E-state index in [-0.39, 0.29) is 0 Å². The first-order chi connectivity index (χ1) is 8.60. The van der Waals surface area contributed by atoms with Gasteiger partial charge in [0.15, 0.2) is 0 Å². The average Bonchev–Trinajstić information content (AvgIpc) is 2.34. The predicted octanol–water partition coefficient (Wildman–Crippen LogP) is 5.51. The first-order valence-electron chi connectivity index (χ1n) is 6.67. The number of hydrogen-bond acceptors (Lipinski definition) is 1. The van der Waals surface area contributed by atoms with E-state index in [0.717, 1.165) is 29.2 Å². The van der Waals surface area contributed by atoms with Gasteiger partial charge in [-0.25, -0.2) is 0 Å². The Morgan fingerprint density at radius 1 is 1.28 bits per heavy atom. The van der Waals surface area contributed by atoms with Gasteiger partial charge in [0.1, 0.15) is 5.75 Å². The molecule has 0 radical (unpaired) electrons. The molecule has 0 aliphatic heterocycles. The number of benzene rings is 1. The molecule has 0 bridgehead atoms. The van der Waals surface area contributed by atoms with Crippen LogP contribution in [0.5, 0.6) is 5.75 Å². The van der Waals surface area contributed by atoms with Crippen molar-refractivity contribution in [2.45, 2.75) is 46.5 Å². The zero-order valence-electron chi connectivity index (χ0n) is 11.8. The lowest BCUT2D eigenvalue weighted by molar-refractivity contribution is 0.334. The van der Waals surface area contributed by atoms with Crippen LogP contribution in [-0.2, 0) is 0 Å². The van der Waals surface area contributed by atoms with E-state index in [1.807, 2.05) is 26.0 Å². The topological polar surface area (TPSA) is 9.23 Å². The third-order valence-corrected chi connectivity index (χ3v) is 3.42. The molecular formula is C16H23ClO. The number of ether oxygens (including phenoxy) is 1. The molecule has 0 aliphatic rings. The van der Waals surface area contributed by atoms with Crippen LogP contribution in [0.4, 0.5) is 0 Å². The standard InChI is InChI=1S/C16H23ClO/c1-5-7-8-9-12(3)14-11-15(17)13(4)10-16(14)18-6-2/h7-8,10-12H,5-6,9H2,1-4H3/b8-7-. The minimum Gasteiger partial charge on any atom is -0.494 e. The van der Waals surface area contributed by atoms with E-state index in [0.29, 0.717) is 12.5 Å². The molecule has 1 rings (SSSR count). The smallest absolute Gasteiger partial charge is 0.123 e. The maximum atomic E-state index is 6.22. The Bertz CT molecular complexity index is 410. The molecule has 100 valence electrons. The summed E-state index contributed by atoms with van der Waals surface area (Å²) < 4.78 is 5.72. The van der Waals surface area contributed by atoms with Crippen LogP contribution in [0.15, 0.2) is 24.3 Å². The summed E-state index contributed by atoms with van der Waals surface area (Å²) in [6.07, 6.45) is 6.54. The van der Waals surface area contributed by atoms with E-state index < -0.39 is 0 Å². The Hall–Kier alpha value is -0.950. The first kappa shape index (κ1) is 15.1. The molecule has 0 saturated heterocycles. The van der Waals surface area contributed by atoms with Gasteiger partial charge in [-0.05, 0) is 55.9 Å². The van der Waals surface area contributed by atoms with Gasteiger partial charge in [0, 0.05) is 5.02 Å². The Morgan fingerprint density at radius 3 is 2.61 bits per heavy atom. The zero-order valence-corrected chi connectivity index (χ0v) is 12.6. The summed E-state index contributed by atoms with van der Waals surface area (Å²) in [5.74, 6) is 1.39. The largest absolute Gasteiger partial charge is 0.494 e. The van der Waals surface area contributed by atoms with Crippen molar-refractivity contribution in [3.8, 4) is 5.75 Å². The molecule has 0 fully saturated rings. The summed E-state index contributed by atoms with van der Waals surface area (Å²) in [6.45, 7) is 9.07. The van der Waals surface area contributed by atoms with Crippen molar-refractivity contribution in [3.63, 3.8) is 0 Å². The molecule has 1 aromatic carbocycles. The second-order valence-corrected chi connectivity index (χ2v) is 5.00. The third-order valence-electron chi connectivity index (χ3n) is 3.01. The maximum absolute atomic E-state index is 6.22. The van der Waals surface area contributed by atoms with Gasteiger partial charge in [-0.2, -0.15) is 0 Å². The molecule has 1 unspecified atom stereocenters. The fourth-order valence-electron chi connectivity index (χ4n) is 1.93. The highest BCUT2D eigenvalue weighted by Crippen LogP contribution is 2.33. The normalized spacial score (nSPS) is 12.9. The van der Waals surface area contributed by atoms with Crippen LogP contribution in [0.1, 0.15) is 50.7 Å². The molecule has 1 aromatic rings. The first-order valence-corrected chi connectivity index (χ1v) is 7.05. The molecule has 1 nitrogen and oxygen atoms in total. The van der Waals surface area contributed by atoms with Crippen LogP contribution in [0, 0.1) is 6.92 Å². The van der Waals surface area contributed by atoms with E-state index in [4.69, 9.17) is 16.3 Å². The van der Waals surface area contributed by atoms with E-state index in [9.17, 15) is 0 Å². The highest BCUT2D eigenvalue weighted by Gasteiger charge is 2.13. The summed E-state index contributed by atoms with van der Waals surface area (Å²) in [6, 6.07) is 4.09. The Morgan fingerprint density at radius 2 is 2.00 bits per heavy atom. The van der Waals surface area contributed by atoms with Crippen molar-refractivity contribution < 1.29 is 4.74 Å². The minimum absolute atomic E-state index is 0.424. The lowest BCUT2D eigenvalue weighted by Gasteiger charge is -2.17. The summed E-state index contributed by atoms with van der Waals surface area (Å²) >= 11 is 6.22. The molecular weight excluding hydrogens is 244 g/mol. The monoisotopic (exact) mass is 266 g/mol. The van der Waals surface area contributed by atoms with E-state index in [1.165, 1.54) is 5.56 Å². The number of hydrogen-bond donors (Lipinski definition) is 0. The lowest BCUT2D eigenvalue weighted by atomic mass is 9.95. The lowest BCUT2D eigenvalue weighted by Crippen LogP contribution is -2.01. The molecule has 1 atom stereocenters. The second-order valence-electron chi connectivity index (χ2n) is 4.59. The van der Waals surface area contributed by atoms with Crippen LogP contribution in [0.2, 0.25) is 5.02 Å². The van der Waals surface area contributed by atoms with E-state index in [1.54, 1.807) is 0 Å². The van der Waals surface area contributed by atoms with Crippen LogP contribution < -0.4 is 4.74 Å². The number of rotatable bonds is 6. The van der Waals surface area contributed by atoms with Crippen molar-refractivity contribution >= 4 is 11.6 Å². The number of allylic oxidation sites excluding steroid dienone is 2. The zero-order chi connectivity index (χ0) is 13.5. The fraction of sp³-hybridized carbons (Fsp3) is 0.500. The highest BCUT2D eigenvalue weighted by atomic mass is 35.5. The molecule has 0 spiro atoms. The van der Waals surface area contributed by atoms with Gasteiger partial charge in [-0.1, -0.05) is 37.6 Å². The van der Waals surface area contributed by atoms with E-state index in [2.05, 4.69) is 26.0 Å². The summed E-state index contributed by atoms with van der Waals surface area (Å²) in [7, 11) is 0. The van der Waals surface area contributed by atoms with Gasteiger partial charge in [-0.3, -0.25) is 0 Å². The highest BCUT2D eigenvalue weighted by molar-refractivity contribution is 6.31. The molecule has 0 heterocycles. The number of halogens is 1. The van der Waals surface area contributed by atoms with Crippen LogP contribution in [0.25, 0.3) is 0 Å². The maximum Gasteiger partial charge on any atom is 0.123 e. The average molecular weight is 267 g/mol. The number of aryl methyl sites for hydroxylation is 1. The van der Waals surface area contributed by atoms with Crippen LogP contribution in [-0.4, -0.2) is 6.61 Å². The molecule has 0 amide bonds. The Balaban J connectivity index is 2.97. The van der Waals surface area contributed by atoms with E-state index >= 15 is 0 Å². The molecule has 0 aromatic heterocycles. The molecule has 0 saturated carbocycles. The van der Waals surface area contributed by atoms with Gasteiger partial charge < -0.3 is 4.74 Å². The van der Waals surface area contributed by atoms with Crippen molar-refractivity contribution in [1.29, 1.82) is 0 Å². The molecule has 0 aliphatic carbocycles. The van der Waals surface area contributed by atoms with Gasteiger partial charge in [0.25, 0.3) is 0 Å². The summed E-state index contributed by atoms with van der Waals surface area (Å²) in [5, 5.41) is 0.819. The third kappa shape index (κ3) is 4.06. The van der Waals surface area contributed by atoms with Gasteiger partial charge in [-0.15, -0.1) is 0 Å². The summed E-state index contributed by atoms with van der Waals surface area (Å²) in [4.78, 5) is 0. The Labute approximate surface area is 116 Å². The van der Waals surface area contributed by atoms with Crippen molar-refractivity contribution in [3.05, 3.63) is 40.4 Å². The van der Waals surface area contributed by atoms with Crippen LogP contribution in [0.3, 0.4) is 0 Å². The van der Waals surface area contributed by atoms with Gasteiger partial charge in [0.05, 0.1) is 6.61 Å². The molecule has 2 heteroatoms. The van der Waals surface area contributed by atoms with Gasteiger partial charge in [0.2, 0.25) is 0 Å². The predicted molar refractivity (Wildman–Crippen MR) is 79.8 cm³/mol. The van der Waals surface area contributed by atoms with Crippen molar-refractivity contribution in [2.75, 3.05) is 6.61 Å². The Kier molecular flexibility index (Phi) is 6.28. The molecule has 0 N–H and O–H groups in total. The minimum atomic E-state index is 0.424. The van der Waals surface area contributed by atoms with Crippen molar-refractivity contribution in [1.82, 2.24) is 0 Å². The van der Waals surface area contributed by atoms with Crippen LogP contribution >= 0.6 is 11.6 Å². The SMILES string of the molecule is CC/C=C\CC(C)c1cc(Cl)c(C)cc1OCC.